The Morgan fingerprint density at radius 2 is 1.50 bits per heavy atom. The molecule has 0 unspecified atom stereocenters. The highest BCUT2D eigenvalue weighted by Gasteiger charge is 1.89. The molecule has 0 aliphatic carbocycles. The van der Waals surface area contributed by atoms with Gasteiger partial charge in [-0.05, 0) is 65.8 Å². The Morgan fingerprint density at radius 3 is 2.06 bits per heavy atom. The Kier molecular flexibility index (Phi) is 12.3. The van der Waals surface area contributed by atoms with E-state index in [1.165, 1.54) is 12.1 Å². The van der Waals surface area contributed by atoms with Crippen molar-refractivity contribution in [1.29, 1.82) is 0 Å². The van der Waals surface area contributed by atoms with Crippen LogP contribution in [0.15, 0.2) is 4.99 Å². The Bertz CT molecular complexity index is 164. The summed E-state index contributed by atoms with van der Waals surface area (Å²) in [5.74, 6) is 0. The van der Waals surface area contributed by atoms with Gasteiger partial charge in [0.15, 0.2) is 0 Å². The summed E-state index contributed by atoms with van der Waals surface area (Å²) in [6.07, 6.45) is 3.38. The monoisotopic (exact) mass is 228 g/mol. The molecule has 0 aromatic heterocycles. The van der Waals surface area contributed by atoms with E-state index < -0.39 is 0 Å². The van der Waals surface area contributed by atoms with E-state index in [1.807, 2.05) is 13.8 Å². The predicted molar refractivity (Wildman–Crippen MR) is 72.3 cm³/mol. The number of rotatable bonds is 11. The number of hydrogen-bond acceptors (Lipinski definition) is 4. The molecule has 0 saturated carbocycles. The number of aliphatic imine (C=N–C) groups is 1. The average molecular weight is 228 g/mol. The van der Waals surface area contributed by atoms with Crippen LogP contribution in [0.5, 0.6) is 0 Å². The maximum absolute atomic E-state index is 5.40. The van der Waals surface area contributed by atoms with Crippen LogP contribution >= 0.6 is 0 Å². The van der Waals surface area contributed by atoms with Gasteiger partial charge in [-0.2, -0.15) is 0 Å². The molecule has 16 heavy (non-hydrogen) atoms. The van der Waals surface area contributed by atoms with Gasteiger partial charge in [-0.3, -0.25) is 4.99 Å². The lowest BCUT2D eigenvalue weighted by Crippen LogP contribution is -2.24. The van der Waals surface area contributed by atoms with Gasteiger partial charge in [0.1, 0.15) is 0 Å². The standard InChI is InChI=1S/C12H28N4/c1-12(2)16-11-5-10-15-9-4-8-14-7-3-6-13/h14-15H,3-11,13H2,1-2H3. The molecular formula is C12H28N4. The third-order valence-corrected chi connectivity index (χ3v) is 2.20. The SMILES string of the molecule is CC(C)=NCCCNCCCNCCCN. The van der Waals surface area contributed by atoms with Gasteiger partial charge >= 0.3 is 0 Å². The molecule has 4 nitrogen and oxygen atoms in total. The summed E-state index contributed by atoms with van der Waals surface area (Å²) in [6, 6.07) is 0. The summed E-state index contributed by atoms with van der Waals surface area (Å²) in [5, 5.41) is 6.78. The van der Waals surface area contributed by atoms with Crippen molar-refractivity contribution >= 4 is 5.71 Å². The first-order valence-electron chi connectivity index (χ1n) is 6.36. The first-order chi connectivity index (χ1) is 7.77. The van der Waals surface area contributed by atoms with Crippen molar-refractivity contribution in [3.8, 4) is 0 Å². The number of nitrogens with zero attached hydrogens (tertiary/aromatic N) is 1. The van der Waals surface area contributed by atoms with E-state index in [0.717, 1.165) is 52.1 Å². The Hall–Kier alpha value is -0.450. The predicted octanol–water partition coefficient (Wildman–Crippen LogP) is 0.775. The van der Waals surface area contributed by atoms with E-state index in [-0.39, 0.29) is 0 Å². The second-order valence-corrected chi connectivity index (χ2v) is 4.18. The van der Waals surface area contributed by atoms with Crippen molar-refractivity contribution in [3.05, 3.63) is 0 Å². The second-order valence-electron chi connectivity index (χ2n) is 4.18. The summed E-state index contributed by atoms with van der Waals surface area (Å²) in [7, 11) is 0. The molecule has 0 spiro atoms. The molecule has 0 aromatic carbocycles. The zero-order chi connectivity index (χ0) is 12.1. The van der Waals surface area contributed by atoms with Gasteiger partial charge in [0.05, 0.1) is 0 Å². The second kappa shape index (κ2) is 12.6. The summed E-state index contributed by atoms with van der Waals surface area (Å²) in [4.78, 5) is 4.34. The molecule has 0 bridgehead atoms. The molecule has 0 heterocycles. The Labute approximate surface area is 100 Å². The van der Waals surface area contributed by atoms with Gasteiger partial charge in [0.25, 0.3) is 0 Å². The van der Waals surface area contributed by atoms with Crippen LogP contribution in [0.4, 0.5) is 0 Å². The Balaban J connectivity index is 2.96. The van der Waals surface area contributed by atoms with Crippen LogP contribution in [0.2, 0.25) is 0 Å². The van der Waals surface area contributed by atoms with Gasteiger partial charge in [0, 0.05) is 12.3 Å². The van der Waals surface area contributed by atoms with Crippen molar-refractivity contribution < 1.29 is 0 Å². The number of nitrogens with one attached hydrogen (secondary N) is 2. The first kappa shape index (κ1) is 15.6. The molecule has 0 radical (unpaired) electrons. The molecular weight excluding hydrogens is 200 g/mol. The van der Waals surface area contributed by atoms with Crippen LogP contribution in [-0.4, -0.2) is 45.0 Å². The molecule has 0 aliphatic heterocycles. The minimum atomic E-state index is 0.780. The highest BCUT2D eigenvalue weighted by Crippen LogP contribution is 1.82. The fourth-order valence-electron chi connectivity index (χ4n) is 1.32. The molecule has 4 heteroatoms. The highest BCUT2D eigenvalue weighted by molar-refractivity contribution is 5.78. The summed E-state index contributed by atoms with van der Waals surface area (Å²) in [5.41, 5.74) is 6.57. The lowest BCUT2D eigenvalue weighted by Gasteiger charge is -2.05. The molecule has 4 N–H and O–H groups in total. The van der Waals surface area contributed by atoms with E-state index >= 15 is 0 Å². The molecule has 0 atom stereocenters. The smallest absolute Gasteiger partial charge is 0.0400 e. The largest absolute Gasteiger partial charge is 0.330 e. The van der Waals surface area contributed by atoms with Crippen molar-refractivity contribution in [1.82, 2.24) is 10.6 Å². The van der Waals surface area contributed by atoms with Crippen LogP contribution in [0.3, 0.4) is 0 Å². The maximum atomic E-state index is 5.40. The topological polar surface area (TPSA) is 62.4 Å². The van der Waals surface area contributed by atoms with Crippen LogP contribution in [0.25, 0.3) is 0 Å². The fraction of sp³-hybridized carbons (Fsp3) is 0.917. The van der Waals surface area contributed by atoms with Gasteiger partial charge in [0.2, 0.25) is 0 Å². The van der Waals surface area contributed by atoms with Crippen molar-refractivity contribution in [3.63, 3.8) is 0 Å². The third kappa shape index (κ3) is 13.5. The molecule has 96 valence electrons. The zero-order valence-corrected chi connectivity index (χ0v) is 10.9. The maximum Gasteiger partial charge on any atom is 0.0400 e. The number of nitrogens with two attached hydrogens (primary N) is 1. The normalized spacial score (nSPS) is 10.4. The van der Waals surface area contributed by atoms with Crippen molar-refractivity contribution in [2.45, 2.75) is 33.1 Å². The molecule has 0 aromatic rings. The van der Waals surface area contributed by atoms with Crippen LogP contribution in [0.1, 0.15) is 33.1 Å². The summed E-state index contributed by atoms with van der Waals surface area (Å²) < 4.78 is 0. The zero-order valence-electron chi connectivity index (χ0n) is 10.9. The van der Waals surface area contributed by atoms with Gasteiger partial charge in [-0.25, -0.2) is 0 Å². The average Bonchev–Trinajstić information content (AvgIpc) is 2.25. The van der Waals surface area contributed by atoms with Crippen molar-refractivity contribution in [2.75, 3.05) is 39.3 Å². The highest BCUT2D eigenvalue weighted by atomic mass is 14.9. The molecule has 0 fully saturated rings. The minimum absolute atomic E-state index is 0.780. The summed E-state index contributed by atoms with van der Waals surface area (Å²) >= 11 is 0. The minimum Gasteiger partial charge on any atom is -0.330 e. The van der Waals surface area contributed by atoms with E-state index in [2.05, 4.69) is 15.6 Å². The lowest BCUT2D eigenvalue weighted by molar-refractivity contribution is 0.579. The lowest BCUT2D eigenvalue weighted by atomic mass is 10.3. The van der Waals surface area contributed by atoms with Gasteiger partial charge in [-0.15, -0.1) is 0 Å². The van der Waals surface area contributed by atoms with E-state index in [0.29, 0.717) is 0 Å². The van der Waals surface area contributed by atoms with Crippen LogP contribution < -0.4 is 16.4 Å². The van der Waals surface area contributed by atoms with Crippen molar-refractivity contribution in [2.24, 2.45) is 10.7 Å². The van der Waals surface area contributed by atoms with E-state index in [1.54, 1.807) is 0 Å². The van der Waals surface area contributed by atoms with E-state index in [9.17, 15) is 0 Å². The molecule has 0 aliphatic rings. The first-order valence-corrected chi connectivity index (χ1v) is 6.36. The number of hydrogen-bond donors (Lipinski definition) is 3. The van der Waals surface area contributed by atoms with E-state index in [4.69, 9.17) is 5.73 Å². The van der Waals surface area contributed by atoms with Crippen LogP contribution in [-0.2, 0) is 0 Å². The third-order valence-electron chi connectivity index (χ3n) is 2.20. The summed E-state index contributed by atoms with van der Waals surface area (Å²) in [6.45, 7) is 10.1. The Morgan fingerprint density at radius 1 is 0.938 bits per heavy atom. The molecule has 0 rings (SSSR count). The molecule has 0 saturated heterocycles. The fourth-order valence-corrected chi connectivity index (χ4v) is 1.32. The van der Waals surface area contributed by atoms with Gasteiger partial charge in [-0.1, -0.05) is 0 Å². The quantitative estimate of drug-likeness (QED) is 0.362. The van der Waals surface area contributed by atoms with Crippen LogP contribution in [0, 0.1) is 0 Å². The van der Waals surface area contributed by atoms with Gasteiger partial charge < -0.3 is 16.4 Å². The molecule has 0 amide bonds.